The normalized spacial score (nSPS) is 24.5. The van der Waals surface area contributed by atoms with E-state index in [1.54, 1.807) is 6.07 Å². The van der Waals surface area contributed by atoms with Crippen LogP contribution >= 0.6 is 15.9 Å². The predicted octanol–water partition coefficient (Wildman–Crippen LogP) is 2.28. The maximum atomic E-state index is 9.92. The van der Waals surface area contributed by atoms with Gasteiger partial charge in [0.25, 0.3) is 0 Å². The van der Waals surface area contributed by atoms with Crippen LogP contribution in [-0.4, -0.2) is 23.8 Å². The topological polar surface area (TPSA) is 47.3 Å². The molecule has 1 saturated heterocycles. The SMILES string of the molecule is CC1(O)CCN(c2cc(Br)ccc2C#N)C1. The highest BCUT2D eigenvalue weighted by molar-refractivity contribution is 9.10. The molecule has 84 valence electrons. The minimum Gasteiger partial charge on any atom is -0.388 e. The molecule has 0 saturated carbocycles. The Morgan fingerprint density at radius 2 is 2.31 bits per heavy atom. The molecule has 16 heavy (non-hydrogen) atoms. The van der Waals surface area contributed by atoms with E-state index in [9.17, 15) is 5.11 Å². The third-order valence-corrected chi connectivity index (χ3v) is 3.37. The number of benzene rings is 1. The van der Waals surface area contributed by atoms with Crippen LogP contribution in [0.5, 0.6) is 0 Å². The molecule has 3 nitrogen and oxygen atoms in total. The van der Waals surface area contributed by atoms with Gasteiger partial charge in [-0.3, -0.25) is 0 Å². The molecule has 1 aromatic rings. The minimum absolute atomic E-state index is 0.581. The van der Waals surface area contributed by atoms with Crippen LogP contribution in [0, 0.1) is 11.3 Å². The van der Waals surface area contributed by atoms with Crippen molar-refractivity contribution in [3.05, 3.63) is 28.2 Å². The summed E-state index contributed by atoms with van der Waals surface area (Å²) in [6.45, 7) is 3.20. The van der Waals surface area contributed by atoms with Crippen LogP contribution in [0.3, 0.4) is 0 Å². The Bertz CT molecular complexity index is 451. The van der Waals surface area contributed by atoms with Crippen molar-refractivity contribution in [2.45, 2.75) is 18.9 Å². The van der Waals surface area contributed by atoms with E-state index in [1.165, 1.54) is 0 Å². The smallest absolute Gasteiger partial charge is 0.101 e. The molecule has 0 amide bonds. The van der Waals surface area contributed by atoms with E-state index in [2.05, 4.69) is 26.9 Å². The van der Waals surface area contributed by atoms with Gasteiger partial charge in [0.1, 0.15) is 6.07 Å². The minimum atomic E-state index is -0.644. The lowest BCUT2D eigenvalue weighted by atomic mass is 10.1. The van der Waals surface area contributed by atoms with Crippen molar-refractivity contribution in [3.63, 3.8) is 0 Å². The molecule has 0 radical (unpaired) electrons. The largest absolute Gasteiger partial charge is 0.388 e. The van der Waals surface area contributed by atoms with Crippen molar-refractivity contribution in [1.82, 2.24) is 0 Å². The molecule has 1 heterocycles. The van der Waals surface area contributed by atoms with Crippen molar-refractivity contribution in [3.8, 4) is 6.07 Å². The second-order valence-electron chi connectivity index (χ2n) is 4.44. The second kappa shape index (κ2) is 4.08. The van der Waals surface area contributed by atoms with Gasteiger partial charge >= 0.3 is 0 Å². The van der Waals surface area contributed by atoms with Gasteiger partial charge < -0.3 is 10.0 Å². The summed E-state index contributed by atoms with van der Waals surface area (Å²) in [5.74, 6) is 0. The van der Waals surface area contributed by atoms with E-state index in [-0.39, 0.29) is 0 Å². The standard InChI is InChI=1S/C12H13BrN2O/c1-12(16)4-5-15(8-12)11-6-10(13)3-2-9(11)7-14/h2-3,6,16H,4-5,8H2,1H3. The summed E-state index contributed by atoms with van der Waals surface area (Å²) >= 11 is 3.40. The second-order valence-corrected chi connectivity index (χ2v) is 5.36. The number of β-amino-alcohol motifs (C(OH)–C–C–N with tert-alkyl or cyclic N) is 1. The third-order valence-electron chi connectivity index (χ3n) is 2.87. The Kier molecular flexibility index (Phi) is 2.92. The zero-order valence-corrected chi connectivity index (χ0v) is 10.7. The van der Waals surface area contributed by atoms with Crippen LogP contribution in [0.4, 0.5) is 5.69 Å². The van der Waals surface area contributed by atoms with Crippen molar-refractivity contribution in [2.24, 2.45) is 0 Å². The summed E-state index contributed by atoms with van der Waals surface area (Å²) < 4.78 is 0.952. The first-order chi connectivity index (χ1) is 7.52. The number of anilines is 1. The first-order valence-electron chi connectivity index (χ1n) is 5.19. The Hall–Kier alpha value is -1.05. The molecular weight excluding hydrogens is 268 g/mol. The van der Waals surface area contributed by atoms with Crippen LogP contribution < -0.4 is 4.90 Å². The van der Waals surface area contributed by atoms with E-state index < -0.39 is 5.60 Å². The average Bonchev–Trinajstić information content (AvgIpc) is 2.59. The molecule has 0 spiro atoms. The lowest BCUT2D eigenvalue weighted by molar-refractivity contribution is 0.0839. The summed E-state index contributed by atoms with van der Waals surface area (Å²) in [7, 11) is 0. The van der Waals surface area contributed by atoms with Crippen LogP contribution in [0.15, 0.2) is 22.7 Å². The molecule has 1 N–H and O–H groups in total. The average molecular weight is 281 g/mol. The molecule has 0 aliphatic carbocycles. The molecule has 1 aliphatic heterocycles. The molecule has 1 aliphatic rings. The third kappa shape index (κ3) is 2.21. The van der Waals surface area contributed by atoms with Crippen LogP contribution in [0.25, 0.3) is 0 Å². The fourth-order valence-electron chi connectivity index (χ4n) is 2.01. The molecule has 1 aromatic carbocycles. The highest BCUT2D eigenvalue weighted by Gasteiger charge is 2.32. The van der Waals surface area contributed by atoms with Gasteiger partial charge in [-0.1, -0.05) is 15.9 Å². The van der Waals surface area contributed by atoms with Gasteiger partial charge in [0.15, 0.2) is 0 Å². The Morgan fingerprint density at radius 1 is 1.56 bits per heavy atom. The highest BCUT2D eigenvalue weighted by atomic mass is 79.9. The number of nitriles is 1. The highest BCUT2D eigenvalue weighted by Crippen LogP contribution is 2.30. The Morgan fingerprint density at radius 3 is 2.88 bits per heavy atom. The summed E-state index contributed by atoms with van der Waals surface area (Å²) in [6, 6.07) is 7.77. The summed E-state index contributed by atoms with van der Waals surface area (Å²) in [4.78, 5) is 2.06. The fraction of sp³-hybridized carbons (Fsp3) is 0.417. The van der Waals surface area contributed by atoms with Gasteiger partial charge in [0, 0.05) is 17.6 Å². The summed E-state index contributed by atoms with van der Waals surface area (Å²) in [5.41, 5.74) is 0.908. The summed E-state index contributed by atoms with van der Waals surface area (Å²) in [6.07, 6.45) is 0.740. The maximum absolute atomic E-state index is 9.92. The zero-order chi connectivity index (χ0) is 11.8. The molecular formula is C12H13BrN2O. The molecule has 1 fully saturated rings. The number of rotatable bonds is 1. The Balaban J connectivity index is 2.34. The van der Waals surface area contributed by atoms with Gasteiger partial charge in [-0.2, -0.15) is 5.26 Å². The lowest BCUT2D eigenvalue weighted by Crippen LogP contribution is -2.29. The fourth-order valence-corrected chi connectivity index (χ4v) is 2.36. The molecule has 0 bridgehead atoms. The quantitative estimate of drug-likeness (QED) is 0.859. The predicted molar refractivity (Wildman–Crippen MR) is 66.3 cm³/mol. The van der Waals surface area contributed by atoms with Crippen molar-refractivity contribution >= 4 is 21.6 Å². The van der Waals surface area contributed by atoms with Gasteiger partial charge in [-0.15, -0.1) is 0 Å². The van der Waals surface area contributed by atoms with Gasteiger partial charge in [0.2, 0.25) is 0 Å². The molecule has 4 heteroatoms. The van der Waals surface area contributed by atoms with Crippen LogP contribution in [0.2, 0.25) is 0 Å². The Labute approximate surface area is 103 Å². The van der Waals surface area contributed by atoms with Crippen LogP contribution in [0.1, 0.15) is 18.9 Å². The van der Waals surface area contributed by atoms with Gasteiger partial charge in [0.05, 0.1) is 16.9 Å². The maximum Gasteiger partial charge on any atom is 0.101 e. The van der Waals surface area contributed by atoms with Gasteiger partial charge in [-0.05, 0) is 31.5 Å². The van der Waals surface area contributed by atoms with E-state index in [0.717, 1.165) is 23.1 Å². The number of nitrogens with zero attached hydrogens (tertiary/aromatic N) is 2. The number of hydrogen-bond acceptors (Lipinski definition) is 3. The van der Waals surface area contributed by atoms with Gasteiger partial charge in [-0.25, -0.2) is 0 Å². The van der Waals surface area contributed by atoms with Crippen LogP contribution in [-0.2, 0) is 0 Å². The van der Waals surface area contributed by atoms with E-state index in [4.69, 9.17) is 5.26 Å². The zero-order valence-electron chi connectivity index (χ0n) is 9.07. The molecule has 1 atom stereocenters. The first-order valence-corrected chi connectivity index (χ1v) is 5.98. The first kappa shape index (κ1) is 11.4. The van der Waals surface area contributed by atoms with E-state index in [0.29, 0.717) is 12.1 Å². The van der Waals surface area contributed by atoms with Crippen molar-refractivity contribution in [1.29, 1.82) is 5.26 Å². The van der Waals surface area contributed by atoms with E-state index in [1.807, 2.05) is 19.1 Å². The monoisotopic (exact) mass is 280 g/mol. The number of hydrogen-bond donors (Lipinski definition) is 1. The number of aliphatic hydroxyl groups is 1. The molecule has 1 unspecified atom stereocenters. The van der Waals surface area contributed by atoms with E-state index >= 15 is 0 Å². The lowest BCUT2D eigenvalue weighted by Gasteiger charge is -2.22. The molecule has 0 aromatic heterocycles. The summed E-state index contributed by atoms with van der Waals surface area (Å²) in [5, 5.41) is 19.0. The van der Waals surface area contributed by atoms with Crippen molar-refractivity contribution in [2.75, 3.05) is 18.0 Å². The van der Waals surface area contributed by atoms with Crippen molar-refractivity contribution < 1.29 is 5.11 Å². The number of halogens is 1. The molecule has 2 rings (SSSR count).